The van der Waals surface area contributed by atoms with Crippen LogP contribution in [-0.4, -0.2) is 36.9 Å². The monoisotopic (exact) mass is 239 g/mol. The molecule has 0 saturated heterocycles. The molecule has 0 bridgehead atoms. The molecule has 1 aromatic heterocycles. The third-order valence-corrected chi connectivity index (χ3v) is 2.54. The van der Waals surface area contributed by atoms with Crippen molar-refractivity contribution in [2.75, 3.05) is 37.4 Å². The fourth-order valence-electron chi connectivity index (χ4n) is 1.59. The zero-order valence-electron chi connectivity index (χ0n) is 10.5. The number of rotatable bonds is 7. The van der Waals surface area contributed by atoms with E-state index in [-0.39, 0.29) is 6.61 Å². The molecular formula is C12H21N3O2. The number of hydrogen-bond acceptors (Lipinski definition) is 5. The Hall–Kier alpha value is -1.49. The van der Waals surface area contributed by atoms with Crippen molar-refractivity contribution in [3.63, 3.8) is 0 Å². The number of aromatic nitrogens is 1. The third kappa shape index (κ3) is 3.78. The molecule has 1 heterocycles. The summed E-state index contributed by atoms with van der Waals surface area (Å²) in [6.07, 6.45) is 2.17. The molecular weight excluding hydrogens is 218 g/mol. The van der Waals surface area contributed by atoms with Gasteiger partial charge in [0.25, 0.3) is 0 Å². The van der Waals surface area contributed by atoms with E-state index in [1.807, 2.05) is 11.0 Å². The summed E-state index contributed by atoms with van der Waals surface area (Å²) in [5.41, 5.74) is 6.24. The Morgan fingerprint density at radius 2 is 2.18 bits per heavy atom. The Kier molecular flexibility index (Phi) is 5.56. The lowest BCUT2D eigenvalue weighted by Gasteiger charge is -2.23. The van der Waals surface area contributed by atoms with Crippen LogP contribution in [0.5, 0.6) is 5.88 Å². The van der Waals surface area contributed by atoms with Crippen LogP contribution in [0.3, 0.4) is 0 Å². The maximum Gasteiger partial charge on any atom is 0.238 e. The largest absolute Gasteiger partial charge is 0.479 e. The van der Waals surface area contributed by atoms with Crippen LogP contribution in [0.25, 0.3) is 0 Å². The van der Waals surface area contributed by atoms with Crippen molar-refractivity contribution >= 4 is 11.5 Å². The van der Waals surface area contributed by atoms with Crippen LogP contribution in [0.15, 0.2) is 12.1 Å². The van der Waals surface area contributed by atoms with E-state index < -0.39 is 0 Å². The Morgan fingerprint density at radius 3 is 2.76 bits per heavy atom. The van der Waals surface area contributed by atoms with Gasteiger partial charge in [-0.1, -0.05) is 13.3 Å². The van der Waals surface area contributed by atoms with Gasteiger partial charge in [0.05, 0.1) is 19.4 Å². The molecule has 0 aliphatic heterocycles. The van der Waals surface area contributed by atoms with Gasteiger partial charge < -0.3 is 20.5 Å². The fraction of sp³-hybridized carbons (Fsp3) is 0.583. The minimum atomic E-state index is 0.109. The number of pyridine rings is 1. The van der Waals surface area contributed by atoms with Gasteiger partial charge in [-0.2, -0.15) is 4.98 Å². The van der Waals surface area contributed by atoms with Crippen LogP contribution >= 0.6 is 0 Å². The number of anilines is 2. The summed E-state index contributed by atoms with van der Waals surface area (Å²) >= 11 is 0. The van der Waals surface area contributed by atoms with Gasteiger partial charge in [-0.05, 0) is 18.6 Å². The van der Waals surface area contributed by atoms with Crippen molar-refractivity contribution in [2.45, 2.75) is 19.8 Å². The second-order valence-corrected chi connectivity index (χ2v) is 3.83. The lowest BCUT2D eigenvalue weighted by atomic mass is 10.3. The topological polar surface area (TPSA) is 71.6 Å². The molecule has 17 heavy (non-hydrogen) atoms. The molecule has 1 aromatic rings. The van der Waals surface area contributed by atoms with Gasteiger partial charge in [-0.15, -0.1) is 0 Å². The highest BCUT2D eigenvalue weighted by Gasteiger charge is 2.09. The summed E-state index contributed by atoms with van der Waals surface area (Å²) in [4.78, 5) is 6.36. The molecule has 5 nitrogen and oxygen atoms in total. The zero-order valence-corrected chi connectivity index (χ0v) is 10.5. The molecule has 0 aromatic carbocycles. The molecule has 0 radical (unpaired) electrons. The van der Waals surface area contributed by atoms with E-state index in [2.05, 4.69) is 11.9 Å². The maximum absolute atomic E-state index is 9.05. The van der Waals surface area contributed by atoms with Gasteiger partial charge in [0.15, 0.2) is 0 Å². The molecule has 96 valence electrons. The van der Waals surface area contributed by atoms with E-state index in [0.29, 0.717) is 18.1 Å². The number of methoxy groups -OCH3 is 1. The standard InChI is InChI=1S/C12H21N3O2/c1-3-4-7-15(8-9-16)11-6-5-10(13)12(14-11)17-2/h5-6,16H,3-4,7-9,13H2,1-2H3. The number of aliphatic hydroxyl groups is 1. The summed E-state index contributed by atoms with van der Waals surface area (Å²) < 4.78 is 5.09. The van der Waals surface area contributed by atoms with Gasteiger partial charge >= 0.3 is 0 Å². The number of aliphatic hydroxyl groups excluding tert-OH is 1. The van der Waals surface area contributed by atoms with Crippen LogP contribution in [0.2, 0.25) is 0 Å². The molecule has 0 amide bonds. The summed E-state index contributed by atoms with van der Waals surface area (Å²) in [5.74, 6) is 1.22. The van der Waals surface area contributed by atoms with Gasteiger partial charge in [0, 0.05) is 13.1 Å². The maximum atomic E-state index is 9.05. The Morgan fingerprint density at radius 1 is 1.41 bits per heavy atom. The quantitative estimate of drug-likeness (QED) is 0.749. The number of nitrogens with zero attached hydrogens (tertiary/aromatic N) is 2. The normalized spacial score (nSPS) is 10.3. The van der Waals surface area contributed by atoms with Gasteiger partial charge in [0.2, 0.25) is 5.88 Å². The lowest BCUT2D eigenvalue weighted by Crippen LogP contribution is -2.28. The fourth-order valence-corrected chi connectivity index (χ4v) is 1.59. The molecule has 0 fully saturated rings. The molecule has 0 atom stereocenters. The number of nitrogens with two attached hydrogens (primary N) is 1. The second kappa shape index (κ2) is 6.96. The molecule has 0 aliphatic rings. The average molecular weight is 239 g/mol. The van der Waals surface area contributed by atoms with Gasteiger partial charge in [0.1, 0.15) is 5.82 Å². The van der Waals surface area contributed by atoms with E-state index in [0.717, 1.165) is 25.2 Å². The molecule has 3 N–H and O–H groups in total. The zero-order chi connectivity index (χ0) is 12.7. The first-order valence-electron chi connectivity index (χ1n) is 5.89. The van der Waals surface area contributed by atoms with E-state index >= 15 is 0 Å². The van der Waals surface area contributed by atoms with Crippen molar-refractivity contribution < 1.29 is 9.84 Å². The first kappa shape index (κ1) is 13.6. The van der Waals surface area contributed by atoms with Crippen LogP contribution in [0.4, 0.5) is 11.5 Å². The van der Waals surface area contributed by atoms with E-state index in [4.69, 9.17) is 15.6 Å². The SMILES string of the molecule is CCCCN(CCO)c1ccc(N)c(OC)n1. The minimum absolute atomic E-state index is 0.109. The van der Waals surface area contributed by atoms with Gasteiger partial charge in [-0.3, -0.25) is 0 Å². The van der Waals surface area contributed by atoms with Crippen molar-refractivity contribution in [1.29, 1.82) is 0 Å². The number of hydrogen-bond donors (Lipinski definition) is 2. The molecule has 0 saturated carbocycles. The molecule has 1 rings (SSSR count). The minimum Gasteiger partial charge on any atom is -0.479 e. The van der Waals surface area contributed by atoms with E-state index in [9.17, 15) is 0 Å². The van der Waals surface area contributed by atoms with Crippen LogP contribution in [-0.2, 0) is 0 Å². The first-order valence-corrected chi connectivity index (χ1v) is 5.89. The Bertz CT molecular complexity index is 345. The number of unbranched alkanes of at least 4 members (excludes halogenated alkanes) is 1. The Labute approximate surface area is 102 Å². The van der Waals surface area contributed by atoms with Crippen molar-refractivity contribution in [3.05, 3.63) is 12.1 Å². The highest BCUT2D eigenvalue weighted by Crippen LogP contribution is 2.22. The lowest BCUT2D eigenvalue weighted by molar-refractivity contribution is 0.301. The smallest absolute Gasteiger partial charge is 0.238 e. The van der Waals surface area contributed by atoms with E-state index in [1.54, 1.807) is 13.2 Å². The second-order valence-electron chi connectivity index (χ2n) is 3.83. The summed E-state index contributed by atoms with van der Waals surface area (Å²) in [6, 6.07) is 3.63. The Balaban J connectivity index is 2.85. The first-order chi connectivity index (χ1) is 8.22. The third-order valence-electron chi connectivity index (χ3n) is 2.54. The number of ether oxygens (including phenoxy) is 1. The molecule has 0 aliphatic carbocycles. The van der Waals surface area contributed by atoms with Gasteiger partial charge in [-0.25, -0.2) is 0 Å². The van der Waals surface area contributed by atoms with Crippen LogP contribution in [0.1, 0.15) is 19.8 Å². The molecule has 5 heteroatoms. The van der Waals surface area contributed by atoms with Crippen molar-refractivity contribution in [2.24, 2.45) is 0 Å². The van der Waals surface area contributed by atoms with E-state index in [1.165, 1.54) is 0 Å². The predicted octanol–water partition coefficient (Wildman–Crippen LogP) is 1.27. The summed E-state index contributed by atoms with van der Waals surface area (Å²) in [6.45, 7) is 3.68. The van der Waals surface area contributed by atoms with Crippen molar-refractivity contribution in [1.82, 2.24) is 4.98 Å². The summed E-state index contributed by atoms with van der Waals surface area (Å²) in [5, 5.41) is 9.05. The highest BCUT2D eigenvalue weighted by molar-refractivity contribution is 5.54. The molecule has 0 unspecified atom stereocenters. The van der Waals surface area contributed by atoms with Crippen LogP contribution in [0, 0.1) is 0 Å². The number of nitrogen functional groups attached to an aromatic ring is 1. The van der Waals surface area contributed by atoms with Crippen LogP contribution < -0.4 is 15.4 Å². The van der Waals surface area contributed by atoms with Crippen molar-refractivity contribution in [3.8, 4) is 5.88 Å². The molecule has 0 spiro atoms. The highest BCUT2D eigenvalue weighted by atomic mass is 16.5. The average Bonchev–Trinajstić information content (AvgIpc) is 2.35. The summed E-state index contributed by atoms with van der Waals surface area (Å²) in [7, 11) is 1.55. The predicted molar refractivity (Wildman–Crippen MR) is 69.4 cm³/mol.